The van der Waals surface area contributed by atoms with Crippen molar-refractivity contribution in [2.75, 3.05) is 20.8 Å². The first kappa shape index (κ1) is 20.0. The molecule has 0 heterocycles. The summed E-state index contributed by atoms with van der Waals surface area (Å²) in [6.07, 6.45) is 0.0563. The van der Waals surface area contributed by atoms with E-state index in [1.807, 2.05) is 0 Å². The number of nitrogens with one attached hydrogen (secondary N) is 1. The van der Waals surface area contributed by atoms with E-state index in [9.17, 15) is 14.4 Å². The van der Waals surface area contributed by atoms with Gasteiger partial charge in [-0.1, -0.05) is 15.9 Å². The highest BCUT2D eigenvalue weighted by Gasteiger charge is 2.24. The van der Waals surface area contributed by atoms with Crippen LogP contribution >= 0.6 is 15.9 Å². The number of esters is 2. The standard InChI is InChI=1S/C16H20BrNO6/c1-4-24-13-9-10(17)5-6-11(13)15(20)18-12(16(21)23-3)7-8-14(19)22-2/h5-6,9,12H,4,7-8H2,1-3H3,(H,18,20)/t12-/m0/s1. The summed E-state index contributed by atoms with van der Waals surface area (Å²) in [7, 11) is 2.47. The maximum atomic E-state index is 12.5. The van der Waals surface area contributed by atoms with Gasteiger partial charge in [0.25, 0.3) is 5.91 Å². The second-order valence-electron chi connectivity index (χ2n) is 4.74. The molecule has 0 aliphatic carbocycles. The lowest BCUT2D eigenvalue weighted by molar-refractivity contribution is -0.144. The number of ether oxygens (including phenoxy) is 3. The molecule has 0 radical (unpaired) electrons. The molecular formula is C16H20BrNO6. The van der Waals surface area contributed by atoms with Gasteiger partial charge in [-0.15, -0.1) is 0 Å². The molecule has 0 saturated carbocycles. The number of halogens is 1. The molecular weight excluding hydrogens is 382 g/mol. The molecule has 0 spiro atoms. The molecule has 0 aliphatic heterocycles. The van der Waals surface area contributed by atoms with Crippen LogP contribution in [0.5, 0.6) is 5.75 Å². The lowest BCUT2D eigenvalue weighted by Gasteiger charge is -2.17. The first-order chi connectivity index (χ1) is 11.4. The molecule has 0 bridgehead atoms. The minimum Gasteiger partial charge on any atom is -0.493 e. The Balaban J connectivity index is 2.91. The van der Waals surface area contributed by atoms with Gasteiger partial charge in [-0.05, 0) is 31.5 Å². The second kappa shape index (κ2) is 9.92. The summed E-state index contributed by atoms with van der Waals surface area (Å²) in [6, 6.07) is 3.98. The van der Waals surface area contributed by atoms with Crippen molar-refractivity contribution in [3.8, 4) is 5.75 Å². The van der Waals surface area contributed by atoms with Crippen LogP contribution in [0.2, 0.25) is 0 Å². The Morgan fingerprint density at radius 1 is 1.21 bits per heavy atom. The summed E-state index contributed by atoms with van der Waals surface area (Å²) in [4.78, 5) is 35.5. The van der Waals surface area contributed by atoms with Gasteiger partial charge in [0.05, 0.1) is 26.4 Å². The molecule has 132 valence electrons. The number of benzene rings is 1. The third kappa shape index (κ3) is 5.84. The molecule has 0 aliphatic rings. The van der Waals surface area contributed by atoms with Crippen LogP contribution in [0.4, 0.5) is 0 Å². The van der Waals surface area contributed by atoms with Crippen molar-refractivity contribution in [2.24, 2.45) is 0 Å². The van der Waals surface area contributed by atoms with E-state index in [2.05, 4.69) is 30.7 Å². The highest BCUT2D eigenvalue weighted by Crippen LogP contribution is 2.24. The number of carbonyl (C=O) groups is 3. The summed E-state index contributed by atoms with van der Waals surface area (Å²) in [6.45, 7) is 2.19. The summed E-state index contributed by atoms with van der Waals surface area (Å²) in [5.41, 5.74) is 0.284. The molecule has 1 rings (SSSR count). The highest BCUT2D eigenvalue weighted by molar-refractivity contribution is 9.10. The van der Waals surface area contributed by atoms with Gasteiger partial charge in [0.2, 0.25) is 0 Å². The van der Waals surface area contributed by atoms with E-state index in [-0.39, 0.29) is 18.4 Å². The van der Waals surface area contributed by atoms with E-state index in [0.29, 0.717) is 12.4 Å². The van der Waals surface area contributed by atoms with Crippen LogP contribution < -0.4 is 10.1 Å². The van der Waals surface area contributed by atoms with Crippen LogP contribution in [0.25, 0.3) is 0 Å². The topological polar surface area (TPSA) is 90.9 Å². The predicted octanol–water partition coefficient (Wildman–Crippen LogP) is 2.07. The van der Waals surface area contributed by atoms with E-state index < -0.39 is 23.9 Å². The normalized spacial score (nSPS) is 11.3. The third-order valence-corrected chi connectivity index (χ3v) is 3.64. The zero-order valence-electron chi connectivity index (χ0n) is 13.8. The quantitative estimate of drug-likeness (QED) is 0.670. The minimum absolute atomic E-state index is 0.0186. The van der Waals surface area contributed by atoms with Gasteiger partial charge >= 0.3 is 11.9 Å². The van der Waals surface area contributed by atoms with E-state index in [4.69, 9.17) is 4.74 Å². The Bertz CT molecular complexity index is 604. The molecule has 1 amide bonds. The van der Waals surface area contributed by atoms with Gasteiger partial charge in [0.15, 0.2) is 0 Å². The summed E-state index contributed by atoms with van der Waals surface area (Å²) < 4.78 is 15.4. The maximum absolute atomic E-state index is 12.5. The van der Waals surface area contributed by atoms with Crippen LogP contribution in [0, 0.1) is 0 Å². The fourth-order valence-electron chi connectivity index (χ4n) is 1.95. The Hall–Kier alpha value is -2.09. The molecule has 1 aromatic rings. The maximum Gasteiger partial charge on any atom is 0.328 e. The number of carbonyl (C=O) groups excluding carboxylic acids is 3. The van der Waals surface area contributed by atoms with Crippen molar-refractivity contribution >= 4 is 33.8 Å². The Labute approximate surface area is 148 Å². The SMILES string of the molecule is CCOc1cc(Br)ccc1C(=O)N[C@@H](CCC(=O)OC)C(=O)OC. The number of amides is 1. The molecule has 1 atom stereocenters. The van der Waals surface area contributed by atoms with Crippen molar-refractivity contribution in [2.45, 2.75) is 25.8 Å². The smallest absolute Gasteiger partial charge is 0.328 e. The number of hydrogen-bond acceptors (Lipinski definition) is 6. The zero-order chi connectivity index (χ0) is 18.1. The molecule has 1 N–H and O–H groups in total. The summed E-state index contributed by atoms with van der Waals surface area (Å²) >= 11 is 3.31. The number of hydrogen-bond donors (Lipinski definition) is 1. The van der Waals surface area contributed by atoms with E-state index in [1.54, 1.807) is 25.1 Å². The lowest BCUT2D eigenvalue weighted by Crippen LogP contribution is -2.42. The van der Waals surface area contributed by atoms with Crippen molar-refractivity contribution in [3.63, 3.8) is 0 Å². The predicted molar refractivity (Wildman–Crippen MR) is 89.8 cm³/mol. The van der Waals surface area contributed by atoms with Crippen LogP contribution in [0.15, 0.2) is 22.7 Å². The van der Waals surface area contributed by atoms with Crippen LogP contribution in [0.1, 0.15) is 30.1 Å². The van der Waals surface area contributed by atoms with Gasteiger partial charge in [0, 0.05) is 10.9 Å². The largest absolute Gasteiger partial charge is 0.493 e. The summed E-state index contributed by atoms with van der Waals surface area (Å²) in [5, 5.41) is 2.57. The fraction of sp³-hybridized carbons (Fsp3) is 0.438. The zero-order valence-corrected chi connectivity index (χ0v) is 15.3. The average molecular weight is 402 g/mol. The van der Waals surface area contributed by atoms with Crippen molar-refractivity contribution in [1.82, 2.24) is 5.32 Å². The Morgan fingerprint density at radius 2 is 1.92 bits per heavy atom. The average Bonchev–Trinajstić information content (AvgIpc) is 2.57. The molecule has 0 unspecified atom stereocenters. The van der Waals surface area contributed by atoms with Crippen molar-refractivity contribution < 1.29 is 28.6 Å². The van der Waals surface area contributed by atoms with E-state index in [0.717, 1.165) is 4.47 Å². The van der Waals surface area contributed by atoms with Gasteiger partial charge in [0.1, 0.15) is 11.8 Å². The first-order valence-corrected chi connectivity index (χ1v) is 8.10. The summed E-state index contributed by atoms with van der Waals surface area (Å²) in [5.74, 6) is -1.22. The molecule has 0 aromatic heterocycles. The molecule has 8 heteroatoms. The van der Waals surface area contributed by atoms with Crippen molar-refractivity contribution in [3.05, 3.63) is 28.2 Å². The molecule has 7 nitrogen and oxygen atoms in total. The molecule has 0 saturated heterocycles. The number of methoxy groups -OCH3 is 2. The van der Waals surface area contributed by atoms with E-state index >= 15 is 0 Å². The van der Waals surface area contributed by atoms with Crippen LogP contribution in [-0.4, -0.2) is 44.7 Å². The first-order valence-electron chi connectivity index (χ1n) is 7.30. The molecule has 24 heavy (non-hydrogen) atoms. The van der Waals surface area contributed by atoms with Gasteiger partial charge in [-0.25, -0.2) is 4.79 Å². The monoisotopic (exact) mass is 401 g/mol. The highest BCUT2D eigenvalue weighted by atomic mass is 79.9. The molecule has 0 fully saturated rings. The Morgan fingerprint density at radius 3 is 2.50 bits per heavy atom. The minimum atomic E-state index is -0.959. The van der Waals surface area contributed by atoms with Crippen LogP contribution in [-0.2, 0) is 19.1 Å². The number of rotatable bonds is 8. The fourth-order valence-corrected chi connectivity index (χ4v) is 2.29. The third-order valence-electron chi connectivity index (χ3n) is 3.14. The Kier molecular flexibility index (Phi) is 8.25. The van der Waals surface area contributed by atoms with E-state index in [1.165, 1.54) is 14.2 Å². The van der Waals surface area contributed by atoms with Crippen LogP contribution in [0.3, 0.4) is 0 Å². The molecule has 1 aromatic carbocycles. The lowest BCUT2D eigenvalue weighted by atomic mass is 10.1. The van der Waals surface area contributed by atoms with Crippen molar-refractivity contribution in [1.29, 1.82) is 0 Å². The second-order valence-corrected chi connectivity index (χ2v) is 5.65. The van der Waals surface area contributed by atoms with Gasteiger partial charge < -0.3 is 19.5 Å². The van der Waals surface area contributed by atoms with Gasteiger partial charge in [-0.2, -0.15) is 0 Å². The van der Waals surface area contributed by atoms with Gasteiger partial charge in [-0.3, -0.25) is 9.59 Å².